The highest BCUT2D eigenvalue weighted by Crippen LogP contribution is 2.32. The van der Waals surface area contributed by atoms with Crippen LogP contribution in [0.15, 0.2) is 40.1 Å². The van der Waals surface area contributed by atoms with Crippen molar-refractivity contribution in [1.82, 2.24) is 14.8 Å². The zero-order valence-corrected chi connectivity index (χ0v) is 16.9. The van der Waals surface area contributed by atoms with Gasteiger partial charge < -0.3 is 19.0 Å². The van der Waals surface area contributed by atoms with Crippen LogP contribution in [0.1, 0.15) is 12.5 Å². The number of hydrogen-bond donors (Lipinski definition) is 1. The van der Waals surface area contributed by atoms with Crippen molar-refractivity contribution >= 4 is 35.0 Å². The first-order valence-electron chi connectivity index (χ1n) is 8.15. The second kappa shape index (κ2) is 8.06. The number of aryl methyl sites for hydroxylation is 1. The Hall–Kier alpha value is -2.45. The number of furan rings is 1. The predicted molar refractivity (Wildman–Crippen MR) is 105 cm³/mol. The van der Waals surface area contributed by atoms with Crippen LogP contribution in [0.25, 0.3) is 11.6 Å². The molecule has 0 saturated heterocycles. The minimum Gasteiger partial charge on any atom is -0.495 e. The van der Waals surface area contributed by atoms with Gasteiger partial charge in [-0.3, -0.25) is 4.79 Å². The van der Waals surface area contributed by atoms with Crippen LogP contribution in [0.3, 0.4) is 0 Å². The molecular formula is C18H19ClN4O3S. The van der Waals surface area contributed by atoms with Crippen LogP contribution in [0.2, 0.25) is 5.02 Å². The number of methoxy groups -OCH3 is 1. The molecule has 1 aromatic carbocycles. The van der Waals surface area contributed by atoms with Crippen molar-refractivity contribution in [2.45, 2.75) is 24.3 Å². The van der Waals surface area contributed by atoms with E-state index in [-0.39, 0.29) is 5.91 Å². The van der Waals surface area contributed by atoms with Crippen molar-refractivity contribution in [3.8, 4) is 17.3 Å². The molecule has 142 valence electrons. The highest BCUT2D eigenvalue weighted by molar-refractivity contribution is 8.00. The molecule has 0 aliphatic heterocycles. The van der Waals surface area contributed by atoms with E-state index in [0.717, 1.165) is 5.56 Å². The molecule has 2 aromatic heterocycles. The maximum Gasteiger partial charge on any atom is 0.237 e. The van der Waals surface area contributed by atoms with Crippen LogP contribution in [0.4, 0.5) is 5.69 Å². The summed E-state index contributed by atoms with van der Waals surface area (Å²) in [5.74, 6) is 1.55. The fourth-order valence-electron chi connectivity index (χ4n) is 2.41. The summed E-state index contributed by atoms with van der Waals surface area (Å²) in [6.07, 6.45) is 1.58. The number of carbonyl (C=O) groups excluding carboxylic acids is 1. The van der Waals surface area contributed by atoms with E-state index in [9.17, 15) is 4.79 Å². The monoisotopic (exact) mass is 406 g/mol. The summed E-state index contributed by atoms with van der Waals surface area (Å²) in [6, 6.07) is 7.06. The quantitative estimate of drug-likeness (QED) is 0.619. The van der Waals surface area contributed by atoms with Crippen LogP contribution in [-0.2, 0) is 11.8 Å². The van der Waals surface area contributed by atoms with Gasteiger partial charge in [-0.25, -0.2) is 0 Å². The Kier molecular flexibility index (Phi) is 5.76. The molecule has 27 heavy (non-hydrogen) atoms. The fraction of sp³-hybridized carbons (Fsp3) is 0.278. The average molecular weight is 407 g/mol. The standard InChI is InChI=1S/C18H19ClN4O3S/c1-10-8-13(15(25-4)9-12(10)19)20-17(24)11(2)27-18-22-21-16(23(18)3)14-6-5-7-26-14/h5-9,11H,1-4H3,(H,20,24)/t11-/m0/s1. The number of aromatic nitrogens is 3. The van der Waals surface area contributed by atoms with Crippen molar-refractivity contribution in [3.05, 3.63) is 41.1 Å². The van der Waals surface area contributed by atoms with E-state index in [1.165, 1.54) is 18.9 Å². The van der Waals surface area contributed by atoms with Crippen LogP contribution < -0.4 is 10.1 Å². The van der Waals surface area contributed by atoms with Gasteiger partial charge in [0.2, 0.25) is 5.91 Å². The lowest BCUT2D eigenvalue weighted by molar-refractivity contribution is -0.115. The summed E-state index contributed by atoms with van der Waals surface area (Å²) in [6.45, 7) is 3.67. The van der Waals surface area contributed by atoms with E-state index >= 15 is 0 Å². The van der Waals surface area contributed by atoms with Crippen LogP contribution in [-0.4, -0.2) is 33.0 Å². The number of carbonyl (C=O) groups is 1. The van der Waals surface area contributed by atoms with E-state index in [4.69, 9.17) is 20.8 Å². The Balaban J connectivity index is 1.73. The smallest absolute Gasteiger partial charge is 0.237 e. The number of anilines is 1. The predicted octanol–water partition coefficient (Wildman–Crippen LogP) is 4.16. The third-order valence-electron chi connectivity index (χ3n) is 3.97. The zero-order valence-electron chi connectivity index (χ0n) is 15.3. The lowest BCUT2D eigenvalue weighted by Crippen LogP contribution is -2.23. The Labute approximate surface area is 166 Å². The number of amides is 1. The molecule has 0 aliphatic rings. The van der Waals surface area contributed by atoms with Gasteiger partial charge in [-0.05, 0) is 37.6 Å². The van der Waals surface area contributed by atoms with E-state index in [2.05, 4.69) is 15.5 Å². The molecular weight excluding hydrogens is 388 g/mol. The molecule has 0 aliphatic carbocycles. The third-order valence-corrected chi connectivity index (χ3v) is 5.51. The molecule has 3 aromatic rings. The lowest BCUT2D eigenvalue weighted by Gasteiger charge is -2.15. The highest BCUT2D eigenvalue weighted by atomic mass is 35.5. The Morgan fingerprint density at radius 3 is 2.85 bits per heavy atom. The number of hydrogen-bond acceptors (Lipinski definition) is 6. The highest BCUT2D eigenvalue weighted by Gasteiger charge is 2.21. The van der Waals surface area contributed by atoms with Gasteiger partial charge in [0.15, 0.2) is 16.7 Å². The normalized spacial score (nSPS) is 12.0. The number of nitrogens with one attached hydrogen (secondary N) is 1. The van der Waals surface area contributed by atoms with Gasteiger partial charge >= 0.3 is 0 Å². The van der Waals surface area contributed by atoms with Crippen molar-refractivity contribution in [3.63, 3.8) is 0 Å². The van der Waals surface area contributed by atoms with Gasteiger partial charge in [-0.1, -0.05) is 23.4 Å². The summed E-state index contributed by atoms with van der Waals surface area (Å²) in [7, 11) is 3.36. The Morgan fingerprint density at radius 2 is 2.19 bits per heavy atom. The minimum atomic E-state index is -0.405. The molecule has 1 N–H and O–H groups in total. The minimum absolute atomic E-state index is 0.178. The van der Waals surface area contributed by atoms with Crippen LogP contribution in [0.5, 0.6) is 5.75 Å². The number of rotatable bonds is 6. The second-order valence-corrected chi connectivity index (χ2v) is 7.61. The summed E-state index contributed by atoms with van der Waals surface area (Å²) in [5, 5.41) is 12.0. The number of halogens is 1. The average Bonchev–Trinajstić information content (AvgIpc) is 3.28. The molecule has 1 atom stereocenters. The number of benzene rings is 1. The summed E-state index contributed by atoms with van der Waals surface area (Å²) >= 11 is 7.42. The maximum absolute atomic E-state index is 12.6. The molecule has 2 heterocycles. The van der Waals surface area contributed by atoms with Crippen molar-refractivity contribution in [1.29, 1.82) is 0 Å². The fourth-order valence-corrected chi connectivity index (χ4v) is 3.38. The molecule has 3 rings (SSSR count). The van der Waals surface area contributed by atoms with Gasteiger partial charge in [0.1, 0.15) is 5.75 Å². The molecule has 0 saturated carbocycles. The first kappa shape index (κ1) is 19.3. The largest absolute Gasteiger partial charge is 0.495 e. The number of thioether (sulfide) groups is 1. The molecule has 0 unspecified atom stereocenters. The van der Waals surface area contributed by atoms with Gasteiger partial charge in [0, 0.05) is 18.1 Å². The zero-order chi connectivity index (χ0) is 19.6. The van der Waals surface area contributed by atoms with Crippen molar-refractivity contribution in [2.75, 3.05) is 12.4 Å². The molecule has 0 fully saturated rings. The Morgan fingerprint density at radius 1 is 1.41 bits per heavy atom. The van der Waals surface area contributed by atoms with Crippen LogP contribution >= 0.6 is 23.4 Å². The number of nitrogens with zero attached hydrogens (tertiary/aromatic N) is 3. The van der Waals surface area contributed by atoms with E-state index in [0.29, 0.717) is 33.2 Å². The van der Waals surface area contributed by atoms with Crippen molar-refractivity contribution in [2.24, 2.45) is 7.05 Å². The first-order valence-corrected chi connectivity index (χ1v) is 9.41. The molecule has 7 nitrogen and oxygen atoms in total. The first-order chi connectivity index (χ1) is 12.9. The molecule has 0 radical (unpaired) electrons. The lowest BCUT2D eigenvalue weighted by atomic mass is 10.2. The summed E-state index contributed by atoms with van der Waals surface area (Å²) in [5.41, 5.74) is 1.43. The summed E-state index contributed by atoms with van der Waals surface area (Å²) < 4.78 is 12.4. The molecule has 0 bridgehead atoms. The summed E-state index contributed by atoms with van der Waals surface area (Å²) in [4.78, 5) is 12.6. The second-order valence-electron chi connectivity index (χ2n) is 5.89. The van der Waals surface area contributed by atoms with E-state index in [1.807, 2.05) is 20.0 Å². The molecule has 0 spiro atoms. The molecule has 9 heteroatoms. The van der Waals surface area contributed by atoms with Crippen LogP contribution in [0, 0.1) is 6.92 Å². The number of ether oxygens (including phenoxy) is 1. The van der Waals surface area contributed by atoms with Gasteiger partial charge in [-0.2, -0.15) is 0 Å². The topological polar surface area (TPSA) is 82.2 Å². The molecule has 1 amide bonds. The third kappa shape index (κ3) is 4.12. The van der Waals surface area contributed by atoms with E-state index in [1.54, 1.807) is 36.0 Å². The SMILES string of the molecule is COc1cc(Cl)c(C)cc1NC(=O)[C@H](C)Sc1nnc(-c2ccco2)n1C. The van der Waals surface area contributed by atoms with Gasteiger partial charge in [0.25, 0.3) is 0 Å². The van der Waals surface area contributed by atoms with Crippen molar-refractivity contribution < 1.29 is 13.9 Å². The van der Waals surface area contributed by atoms with E-state index < -0.39 is 5.25 Å². The maximum atomic E-state index is 12.6. The van der Waals surface area contributed by atoms with Gasteiger partial charge in [-0.15, -0.1) is 10.2 Å². The van der Waals surface area contributed by atoms with Gasteiger partial charge in [0.05, 0.1) is 24.3 Å². The Bertz CT molecular complexity index is 956.